The van der Waals surface area contributed by atoms with Gasteiger partial charge in [0, 0.05) is 18.3 Å². The third-order valence-electron chi connectivity index (χ3n) is 2.79. The highest BCUT2D eigenvalue weighted by molar-refractivity contribution is 6.39. The van der Waals surface area contributed by atoms with E-state index in [0.29, 0.717) is 12.2 Å². The number of hydrogen-bond acceptors (Lipinski definition) is 4. The Kier molecular flexibility index (Phi) is 4.42. The second-order valence-corrected chi connectivity index (χ2v) is 4.98. The van der Waals surface area contributed by atoms with Crippen molar-refractivity contribution in [2.75, 3.05) is 5.32 Å². The molecule has 0 spiro atoms. The first-order valence-electron chi connectivity index (χ1n) is 5.77. The maximum atomic E-state index is 10.7. The zero-order valence-corrected chi connectivity index (χ0v) is 12.1. The van der Waals surface area contributed by atoms with Crippen molar-refractivity contribution in [1.82, 2.24) is 4.98 Å². The van der Waals surface area contributed by atoms with Crippen molar-refractivity contribution in [3.63, 3.8) is 0 Å². The smallest absolute Gasteiger partial charge is 0.272 e. The molecule has 0 saturated carbocycles. The van der Waals surface area contributed by atoms with E-state index >= 15 is 0 Å². The Morgan fingerprint density at radius 1 is 1.35 bits per heavy atom. The van der Waals surface area contributed by atoms with Gasteiger partial charge in [0.05, 0.1) is 32.9 Å². The predicted octanol–water partition coefficient (Wildman–Crippen LogP) is 4.22. The molecule has 5 nitrogen and oxygen atoms in total. The van der Waals surface area contributed by atoms with E-state index in [4.69, 9.17) is 23.2 Å². The van der Waals surface area contributed by atoms with Gasteiger partial charge in [-0.3, -0.25) is 15.1 Å². The molecule has 7 heteroatoms. The van der Waals surface area contributed by atoms with Crippen LogP contribution in [0.4, 0.5) is 11.4 Å². The molecule has 0 unspecified atom stereocenters. The standard InChI is InChI=1S/C13H11Cl2N3O2/c1-8-3-2-4-16-12(8)7-17-13-10(14)5-9(18(19)20)6-11(13)15/h2-6,17H,7H2,1H3. The highest BCUT2D eigenvalue weighted by atomic mass is 35.5. The summed E-state index contributed by atoms with van der Waals surface area (Å²) in [4.78, 5) is 14.4. The summed E-state index contributed by atoms with van der Waals surface area (Å²) in [5, 5.41) is 14.2. The lowest BCUT2D eigenvalue weighted by Gasteiger charge is -2.11. The van der Waals surface area contributed by atoms with Gasteiger partial charge in [0.25, 0.3) is 5.69 Å². The third-order valence-corrected chi connectivity index (χ3v) is 3.38. The van der Waals surface area contributed by atoms with Crippen molar-refractivity contribution in [2.24, 2.45) is 0 Å². The monoisotopic (exact) mass is 311 g/mol. The first-order chi connectivity index (χ1) is 9.49. The first kappa shape index (κ1) is 14.6. The molecule has 104 valence electrons. The van der Waals surface area contributed by atoms with Gasteiger partial charge >= 0.3 is 0 Å². The molecule has 0 fully saturated rings. The van der Waals surface area contributed by atoms with E-state index in [0.717, 1.165) is 11.3 Å². The topological polar surface area (TPSA) is 68.1 Å². The molecule has 20 heavy (non-hydrogen) atoms. The van der Waals surface area contributed by atoms with Crippen LogP contribution in [0.25, 0.3) is 0 Å². The number of benzene rings is 1. The number of non-ortho nitro benzene ring substituents is 1. The summed E-state index contributed by atoms with van der Waals surface area (Å²) < 4.78 is 0. The zero-order valence-electron chi connectivity index (χ0n) is 10.6. The third kappa shape index (κ3) is 3.18. The number of aryl methyl sites for hydroxylation is 1. The lowest BCUT2D eigenvalue weighted by atomic mass is 10.2. The van der Waals surface area contributed by atoms with Crippen molar-refractivity contribution in [2.45, 2.75) is 13.5 Å². The van der Waals surface area contributed by atoms with Gasteiger partial charge in [-0.25, -0.2) is 0 Å². The summed E-state index contributed by atoms with van der Waals surface area (Å²) in [5.41, 5.74) is 2.22. The van der Waals surface area contributed by atoms with Crippen LogP contribution >= 0.6 is 23.2 Å². The molecule has 0 aliphatic carbocycles. The molecule has 0 saturated heterocycles. The minimum atomic E-state index is -0.537. The molecule has 0 radical (unpaired) electrons. The summed E-state index contributed by atoms with van der Waals surface area (Å²) >= 11 is 12.0. The molecule has 0 aliphatic heterocycles. The molecule has 0 atom stereocenters. The van der Waals surface area contributed by atoms with Gasteiger partial charge in [-0.2, -0.15) is 0 Å². The van der Waals surface area contributed by atoms with Crippen molar-refractivity contribution in [3.8, 4) is 0 Å². The van der Waals surface area contributed by atoms with Crippen LogP contribution in [-0.4, -0.2) is 9.91 Å². The largest absolute Gasteiger partial charge is 0.377 e. The SMILES string of the molecule is Cc1cccnc1CNc1c(Cl)cc([N+](=O)[O-])cc1Cl. The summed E-state index contributed by atoms with van der Waals surface area (Å²) in [6.45, 7) is 2.38. The number of hydrogen-bond donors (Lipinski definition) is 1. The maximum absolute atomic E-state index is 10.7. The number of anilines is 1. The van der Waals surface area contributed by atoms with E-state index in [-0.39, 0.29) is 15.7 Å². The van der Waals surface area contributed by atoms with Crippen LogP contribution in [0, 0.1) is 17.0 Å². The fourth-order valence-electron chi connectivity index (χ4n) is 1.71. The highest BCUT2D eigenvalue weighted by Crippen LogP contribution is 2.34. The van der Waals surface area contributed by atoms with E-state index in [9.17, 15) is 10.1 Å². The Morgan fingerprint density at radius 2 is 2.00 bits per heavy atom. The van der Waals surface area contributed by atoms with Crippen molar-refractivity contribution in [1.29, 1.82) is 0 Å². The number of halogens is 2. The van der Waals surface area contributed by atoms with E-state index in [1.165, 1.54) is 12.1 Å². The van der Waals surface area contributed by atoms with Gasteiger partial charge in [-0.15, -0.1) is 0 Å². The number of rotatable bonds is 4. The van der Waals surface area contributed by atoms with Crippen LogP contribution in [-0.2, 0) is 6.54 Å². The van der Waals surface area contributed by atoms with E-state index in [1.54, 1.807) is 6.20 Å². The van der Waals surface area contributed by atoms with Gasteiger partial charge in [0.15, 0.2) is 0 Å². The average Bonchev–Trinajstić information content (AvgIpc) is 2.39. The molecular formula is C13H11Cl2N3O2. The van der Waals surface area contributed by atoms with E-state index < -0.39 is 4.92 Å². The van der Waals surface area contributed by atoms with Crippen molar-refractivity contribution < 1.29 is 4.92 Å². The molecular weight excluding hydrogens is 301 g/mol. The van der Waals surface area contributed by atoms with Gasteiger partial charge in [0.1, 0.15) is 0 Å². The number of nitro groups is 1. The summed E-state index contributed by atoms with van der Waals surface area (Å²) in [6, 6.07) is 6.33. The minimum absolute atomic E-state index is 0.139. The summed E-state index contributed by atoms with van der Waals surface area (Å²) in [5.74, 6) is 0. The quantitative estimate of drug-likeness (QED) is 0.678. The van der Waals surface area contributed by atoms with Crippen LogP contribution in [0.3, 0.4) is 0 Å². The fourth-order valence-corrected chi connectivity index (χ4v) is 2.32. The van der Waals surface area contributed by atoms with Crippen molar-refractivity contribution in [3.05, 3.63) is 61.9 Å². The fraction of sp³-hybridized carbons (Fsp3) is 0.154. The van der Waals surface area contributed by atoms with E-state index in [1.807, 2.05) is 19.1 Å². The number of nitrogens with one attached hydrogen (secondary N) is 1. The van der Waals surface area contributed by atoms with Crippen LogP contribution in [0.1, 0.15) is 11.3 Å². The number of pyridine rings is 1. The van der Waals surface area contributed by atoms with Gasteiger partial charge in [0.2, 0.25) is 0 Å². The molecule has 1 aromatic carbocycles. The lowest BCUT2D eigenvalue weighted by molar-refractivity contribution is -0.384. The molecule has 0 bridgehead atoms. The first-order valence-corrected chi connectivity index (χ1v) is 6.52. The minimum Gasteiger partial charge on any atom is -0.377 e. The number of nitrogens with zero attached hydrogens (tertiary/aromatic N) is 2. The van der Waals surface area contributed by atoms with Crippen LogP contribution in [0.15, 0.2) is 30.5 Å². The number of aromatic nitrogens is 1. The van der Waals surface area contributed by atoms with Crippen molar-refractivity contribution >= 4 is 34.6 Å². The summed E-state index contributed by atoms with van der Waals surface area (Å²) in [6.07, 6.45) is 1.70. The maximum Gasteiger partial charge on any atom is 0.272 e. The van der Waals surface area contributed by atoms with E-state index in [2.05, 4.69) is 10.3 Å². The zero-order chi connectivity index (χ0) is 14.7. The molecule has 0 amide bonds. The molecule has 2 rings (SSSR count). The average molecular weight is 312 g/mol. The second-order valence-electron chi connectivity index (χ2n) is 4.16. The molecule has 1 N–H and O–H groups in total. The Hall–Kier alpha value is -1.85. The Balaban J connectivity index is 2.22. The predicted molar refractivity (Wildman–Crippen MR) is 79.4 cm³/mol. The summed E-state index contributed by atoms with van der Waals surface area (Å²) in [7, 11) is 0. The molecule has 2 aromatic rings. The Bertz CT molecular complexity index is 639. The van der Waals surface area contributed by atoms with Gasteiger partial charge < -0.3 is 5.32 Å². The van der Waals surface area contributed by atoms with Crippen LogP contribution in [0.2, 0.25) is 10.0 Å². The Morgan fingerprint density at radius 3 is 2.55 bits per heavy atom. The lowest BCUT2D eigenvalue weighted by Crippen LogP contribution is -2.04. The normalized spacial score (nSPS) is 10.3. The Labute approximate surface area is 125 Å². The van der Waals surface area contributed by atoms with Gasteiger partial charge in [-0.05, 0) is 18.6 Å². The molecule has 0 aliphatic rings. The highest BCUT2D eigenvalue weighted by Gasteiger charge is 2.14. The second kappa shape index (κ2) is 6.07. The molecule has 1 aromatic heterocycles. The number of nitro benzene ring substituents is 1. The molecule has 1 heterocycles. The van der Waals surface area contributed by atoms with Crippen LogP contribution < -0.4 is 5.32 Å². The van der Waals surface area contributed by atoms with Gasteiger partial charge in [-0.1, -0.05) is 29.3 Å². The van der Waals surface area contributed by atoms with Crippen LogP contribution in [0.5, 0.6) is 0 Å².